The average Bonchev–Trinajstić information content (AvgIpc) is 3.39. The quantitative estimate of drug-likeness (QED) is 0.549. The van der Waals surface area contributed by atoms with Crippen LogP contribution < -0.4 is 0 Å². The van der Waals surface area contributed by atoms with Gasteiger partial charge in [0.25, 0.3) is 0 Å². The van der Waals surface area contributed by atoms with Crippen LogP contribution in [0.25, 0.3) is 0 Å². The summed E-state index contributed by atoms with van der Waals surface area (Å²) < 4.78 is 35.7. The molecule has 1 aromatic heterocycles. The van der Waals surface area contributed by atoms with Gasteiger partial charge < -0.3 is 4.74 Å². The van der Waals surface area contributed by atoms with E-state index in [4.69, 9.17) is 4.74 Å². The topological polar surface area (TPSA) is 85.7 Å². The number of fused-ring (bicyclic) bond motifs is 1. The lowest BCUT2D eigenvalue weighted by Crippen LogP contribution is -2.38. The molecule has 0 saturated carbocycles. The number of Topliss-reactive ketones (excluding diaryl/α,β-unsaturated/α-hetero) is 1. The fourth-order valence-corrected chi connectivity index (χ4v) is 7.09. The minimum Gasteiger partial charge on any atom is -0.443 e. The number of ether oxygens (including phenoxy) is 1. The summed E-state index contributed by atoms with van der Waals surface area (Å²) in [6.07, 6.45) is 1.98. The lowest BCUT2D eigenvalue weighted by Gasteiger charge is -2.36. The normalized spacial score (nSPS) is 20.4. The standard InChI is InChI=1S/C28H38N2O5S/c1-18-25(31)24-21(16-20-12-8-9-13-23(20)36(33,34)29-14-10-11-15-29)19(2)30(22(24)17-28(18,6)7)26(32)35-27(3,4)5/h8-9,12-13,18H,10-11,14-17H2,1-7H3. The van der Waals surface area contributed by atoms with Gasteiger partial charge in [0.2, 0.25) is 10.0 Å². The molecule has 1 unspecified atom stereocenters. The summed E-state index contributed by atoms with van der Waals surface area (Å²) in [7, 11) is -3.65. The third kappa shape index (κ3) is 4.65. The van der Waals surface area contributed by atoms with Crippen LogP contribution in [0.1, 0.15) is 87.3 Å². The highest BCUT2D eigenvalue weighted by molar-refractivity contribution is 7.89. The first-order valence-electron chi connectivity index (χ1n) is 12.7. The number of nitrogens with zero attached hydrogens (tertiary/aromatic N) is 2. The molecule has 2 aliphatic rings. The molecular weight excluding hydrogens is 476 g/mol. The highest BCUT2D eigenvalue weighted by atomic mass is 32.2. The van der Waals surface area contributed by atoms with Crippen molar-refractivity contribution in [3.8, 4) is 0 Å². The van der Waals surface area contributed by atoms with Crippen LogP contribution in [0.4, 0.5) is 4.79 Å². The van der Waals surface area contributed by atoms with E-state index in [0.29, 0.717) is 47.6 Å². The van der Waals surface area contributed by atoms with Crippen molar-refractivity contribution in [3.63, 3.8) is 0 Å². The van der Waals surface area contributed by atoms with Crippen LogP contribution in [0.2, 0.25) is 0 Å². The first-order valence-corrected chi connectivity index (χ1v) is 14.2. The van der Waals surface area contributed by atoms with Crippen LogP contribution in [0.3, 0.4) is 0 Å². The van der Waals surface area contributed by atoms with Gasteiger partial charge in [-0.1, -0.05) is 39.0 Å². The smallest absolute Gasteiger partial charge is 0.418 e. The Labute approximate surface area is 214 Å². The molecule has 2 aromatic rings. The molecule has 0 spiro atoms. The van der Waals surface area contributed by atoms with Crippen molar-refractivity contribution in [2.45, 2.75) is 84.6 Å². The average molecular weight is 515 g/mol. The van der Waals surface area contributed by atoms with Gasteiger partial charge in [0.15, 0.2) is 5.78 Å². The zero-order chi connectivity index (χ0) is 26.6. The molecule has 0 N–H and O–H groups in total. The fraction of sp³-hybridized carbons (Fsp3) is 0.571. The maximum absolute atomic E-state index is 13.7. The predicted molar refractivity (Wildman–Crippen MR) is 139 cm³/mol. The third-order valence-electron chi connectivity index (χ3n) is 7.67. The SMILES string of the molecule is Cc1c(Cc2ccccc2S(=O)(=O)N2CCCC2)c2c(n1C(=O)OC(C)(C)C)CC(C)(C)C(C)C2=O. The molecule has 0 radical (unpaired) electrons. The van der Waals surface area contributed by atoms with Gasteiger partial charge in [0.1, 0.15) is 5.60 Å². The maximum atomic E-state index is 13.7. The number of hydrogen-bond acceptors (Lipinski definition) is 5. The Bertz CT molecular complexity index is 1310. The van der Waals surface area contributed by atoms with E-state index in [9.17, 15) is 18.0 Å². The molecule has 0 amide bonds. The van der Waals surface area contributed by atoms with Crippen molar-refractivity contribution in [2.75, 3.05) is 13.1 Å². The Morgan fingerprint density at radius 3 is 2.36 bits per heavy atom. The van der Waals surface area contributed by atoms with Crippen LogP contribution >= 0.6 is 0 Å². The molecule has 4 rings (SSSR count). The van der Waals surface area contributed by atoms with Gasteiger partial charge in [-0.15, -0.1) is 0 Å². The van der Waals surface area contributed by atoms with E-state index < -0.39 is 21.7 Å². The van der Waals surface area contributed by atoms with Gasteiger partial charge >= 0.3 is 6.09 Å². The van der Waals surface area contributed by atoms with Crippen molar-refractivity contribution in [2.24, 2.45) is 11.3 Å². The second-order valence-corrected chi connectivity index (χ2v) is 13.8. The van der Waals surface area contributed by atoms with Crippen molar-refractivity contribution >= 4 is 21.9 Å². The molecule has 1 aliphatic heterocycles. The lowest BCUT2D eigenvalue weighted by molar-refractivity contribution is 0.0523. The zero-order valence-electron chi connectivity index (χ0n) is 22.5. The number of benzene rings is 1. The van der Waals surface area contributed by atoms with Gasteiger partial charge in [-0.2, -0.15) is 4.31 Å². The summed E-state index contributed by atoms with van der Waals surface area (Å²) in [4.78, 5) is 27.3. The molecule has 1 saturated heterocycles. The first kappa shape index (κ1) is 26.6. The van der Waals surface area contributed by atoms with Crippen LogP contribution in [0, 0.1) is 18.3 Å². The number of carbonyl (C=O) groups is 2. The van der Waals surface area contributed by atoms with Crippen molar-refractivity contribution in [1.29, 1.82) is 0 Å². The summed E-state index contributed by atoms with van der Waals surface area (Å²) in [5.41, 5.74) is 2.13. The molecule has 1 aliphatic carbocycles. The number of carbonyl (C=O) groups excluding carboxylic acids is 2. The lowest BCUT2D eigenvalue weighted by atomic mass is 9.68. The minimum atomic E-state index is -3.65. The van der Waals surface area contributed by atoms with E-state index in [1.165, 1.54) is 4.31 Å². The Morgan fingerprint density at radius 1 is 1.14 bits per heavy atom. The molecule has 8 heteroatoms. The summed E-state index contributed by atoms with van der Waals surface area (Å²) in [5, 5.41) is 0. The number of sulfonamides is 1. The van der Waals surface area contributed by atoms with E-state index in [2.05, 4.69) is 0 Å². The van der Waals surface area contributed by atoms with E-state index >= 15 is 0 Å². The molecule has 7 nitrogen and oxygen atoms in total. The third-order valence-corrected chi connectivity index (χ3v) is 9.67. The van der Waals surface area contributed by atoms with Crippen LogP contribution in [0.5, 0.6) is 0 Å². The highest BCUT2D eigenvalue weighted by Crippen LogP contribution is 2.43. The maximum Gasteiger partial charge on any atom is 0.418 e. The number of aromatic nitrogens is 1. The van der Waals surface area contributed by atoms with Crippen molar-refractivity contribution in [1.82, 2.24) is 8.87 Å². The van der Waals surface area contributed by atoms with E-state index in [-0.39, 0.29) is 28.4 Å². The minimum absolute atomic E-state index is 0.0125. The van der Waals surface area contributed by atoms with E-state index in [1.807, 2.05) is 54.5 Å². The van der Waals surface area contributed by atoms with Crippen molar-refractivity contribution in [3.05, 3.63) is 52.3 Å². The second kappa shape index (κ2) is 9.14. The van der Waals surface area contributed by atoms with Gasteiger partial charge in [-0.3, -0.25) is 9.36 Å². The molecule has 1 aromatic carbocycles. The first-order chi connectivity index (χ1) is 16.6. The van der Waals surface area contributed by atoms with Crippen LogP contribution in [-0.2, 0) is 27.6 Å². The summed E-state index contributed by atoms with van der Waals surface area (Å²) >= 11 is 0. The fourth-order valence-electron chi connectivity index (χ4n) is 5.35. The van der Waals surface area contributed by atoms with Gasteiger partial charge in [-0.25, -0.2) is 13.2 Å². The molecule has 0 bridgehead atoms. The molecule has 1 atom stereocenters. The largest absolute Gasteiger partial charge is 0.443 e. The summed E-state index contributed by atoms with van der Waals surface area (Å²) in [6.45, 7) is 14.3. The van der Waals surface area contributed by atoms with Gasteiger partial charge in [0.05, 0.1) is 4.90 Å². The zero-order valence-corrected chi connectivity index (χ0v) is 23.3. The Hall–Kier alpha value is -2.45. The predicted octanol–water partition coefficient (Wildman–Crippen LogP) is 5.36. The summed E-state index contributed by atoms with van der Waals surface area (Å²) in [5.74, 6) is -0.247. The molecule has 196 valence electrons. The monoisotopic (exact) mass is 514 g/mol. The highest BCUT2D eigenvalue weighted by Gasteiger charge is 2.44. The number of hydrogen-bond donors (Lipinski definition) is 0. The van der Waals surface area contributed by atoms with Crippen LogP contribution in [-0.4, -0.2) is 47.9 Å². The van der Waals surface area contributed by atoms with Crippen LogP contribution in [0.15, 0.2) is 29.2 Å². The van der Waals surface area contributed by atoms with Crippen molar-refractivity contribution < 1.29 is 22.7 Å². The van der Waals surface area contributed by atoms with E-state index in [0.717, 1.165) is 12.8 Å². The molecular formula is C28H38N2O5S. The van der Waals surface area contributed by atoms with E-state index in [1.54, 1.807) is 22.8 Å². The summed E-state index contributed by atoms with van der Waals surface area (Å²) in [6, 6.07) is 7.00. The van der Waals surface area contributed by atoms with Gasteiger partial charge in [0, 0.05) is 42.4 Å². The molecule has 36 heavy (non-hydrogen) atoms. The Kier molecular flexibility index (Phi) is 6.75. The Balaban J connectivity index is 1.87. The molecule has 2 heterocycles. The number of rotatable bonds is 4. The molecule has 1 fully saturated rings. The second-order valence-electron chi connectivity index (χ2n) is 11.8. The number of ketones is 1. The Morgan fingerprint density at radius 2 is 1.75 bits per heavy atom. The van der Waals surface area contributed by atoms with Gasteiger partial charge in [-0.05, 0) is 69.6 Å².